The van der Waals surface area contributed by atoms with Gasteiger partial charge in [0, 0.05) is 16.6 Å². The molecule has 0 saturated heterocycles. The summed E-state index contributed by atoms with van der Waals surface area (Å²) in [6.07, 6.45) is 2.30. The molecule has 0 bridgehead atoms. The largest absolute Gasteiger partial charge is 0.465 e. The molecule has 0 radical (unpaired) electrons. The van der Waals surface area contributed by atoms with Gasteiger partial charge in [0.25, 0.3) is 5.91 Å². The van der Waals surface area contributed by atoms with Crippen LogP contribution in [0.1, 0.15) is 15.2 Å². The Morgan fingerprint density at radius 2 is 1.83 bits per heavy atom. The van der Waals surface area contributed by atoms with Crippen LogP contribution in [0.2, 0.25) is 10.0 Å². The third-order valence-electron chi connectivity index (χ3n) is 4.24. The number of methoxy groups -OCH3 is 1. The van der Waals surface area contributed by atoms with Crippen LogP contribution in [0.15, 0.2) is 48.7 Å². The maximum absolute atomic E-state index is 13.0. The number of fused-ring (bicyclic) bond motifs is 1. The molecular weight excluding hydrogens is 439 g/mol. The minimum atomic E-state index is -3.86. The molecule has 29 heavy (non-hydrogen) atoms. The normalized spacial score (nSPS) is 11.4. The molecule has 0 spiro atoms. The summed E-state index contributed by atoms with van der Waals surface area (Å²) >= 11 is 12.1. The molecule has 0 amide bonds. The summed E-state index contributed by atoms with van der Waals surface area (Å²) in [5.74, 6) is -1.19. The summed E-state index contributed by atoms with van der Waals surface area (Å²) in [7, 11) is -2.62. The number of esters is 1. The molecule has 3 aromatic rings. The molecule has 0 aliphatic carbocycles. The van der Waals surface area contributed by atoms with Crippen LogP contribution in [0.3, 0.4) is 0 Å². The van der Waals surface area contributed by atoms with Gasteiger partial charge in [-0.3, -0.25) is 13.7 Å². The Kier molecular flexibility index (Phi) is 5.88. The summed E-state index contributed by atoms with van der Waals surface area (Å²) in [6.45, 7) is -0.543. The summed E-state index contributed by atoms with van der Waals surface area (Å²) in [6, 6.07) is 11.1. The standard InChI is InChI=1S/C19H16Cl2N2O5S/c1-28-19(25)14-10-22(16-6-4-3-5-13(14)16)18(24)11-23(29(2,26)27)17-9-12(20)7-8-15(17)21/h3-10H,11H2,1-2H3. The van der Waals surface area contributed by atoms with Gasteiger partial charge < -0.3 is 4.74 Å². The van der Waals surface area contributed by atoms with Crippen molar-refractivity contribution in [1.82, 2.24) is 4.57 Å². The number of sulfonamides is 1. The minimum absolute atomic E-state index is 0.0830. The van der Waals surface area contributed by atoms with E-state index in [0.29, 0.717) is 10.9 Å². The van der Waals surface area contributed by atoms with Crippen molar-refractivity contribution in [3.05, 3.63) is 64.3 Å². The Balaban J connectivity index is 2.08. The van der Waals surface area contributed by atoms with E-state index in [4.69, 9.17) is 27.9 Å². The Hall–Kier alpha value is -2.55. The molecule has 0 N–H and O–H groups in total. The zero-order valence-electron chi connectivity index (χ0n) is 15.4. The zero-order valence-corrected chi connectivity index (χ0v) is 17.8. The van der Waals surface area contributed by atoms with E-state index in [2.05, 4.69) is 0 Å². The molecule has 1 aromatic heterocycles. The van der Waals surface area contributed by atoms with Gasteiger partial charge in [0.15, 0.2) is 0 Å². The molecule has 10 heteroatoms. The first-order valence-corrected chi connectivity index (χ1v) is 10.9. The number of halogens is 2. The number of rotatable bonds is 5. The molecular formula is C19H16Cl2N2O5S. The second-order valence-corrected chi connectivity index (χ2v) is 8.93. The van der Waals surface area contributed by atoms with Gasteiger partial charge in [0.2, 0.25) is 10.0 Å². The van der Waals surface area contributed by atoms with E-state index in [1.807, 2.05) is 0 Å². The Morgan fingerprint density at radius 1 is 1.14 bits per heavy atom. The Labute approximate surface area is 177 Å². The number of hydrogen-bond acceptors (Lipinski definition) is 5. The number of nitrogens with zero attached hydrogens (tertiary/aromatic N) is 2. The summed E-state index contributed by atoms with van der Waals surface area (Å²) in [5, 5.41) is 0.907. The molecule has 0 unspecified atom stereocenters. The molecule has 0 aliphatic rings. The third-order valence-corrected chi connectivity index (χ3v) is 5.92. The maximum atomic E-state index is 13.0. The average molecular weight is 455 g/mol. The first-order valence-electron chi connectivity index (χ1n) is 8.28. The summed E-state index contributed by atoms with van der Waals surface area (Å²) in [4.78, 5) is 25.1. The van der Waals surface area contributed by atoms with Crippen molar-refractivity contribution in [2.75, 3.05) is 24.2 Å². The fourth-order valence-corrected chi connectivity index (χ4v) is 4.20. The zero-order chi connectivity index (χ0) is 21.3. The molecule has 0 aliphatic heterocycles. The summed E-state index contributed by atoms with van der Waals surface area (Å²) < 4.78 is 31.6. The number of ether oxygens (including phenoxy) is 1. The van der Waals surface area contributed by atoms with Crippen molar-refractivity contribution in [3.63, 3.8) is 0 Å². The minimum Gasteiger partial charge on any atom is -0.465 e. The van der Waals surface area contributed by atoms with E-state index >= 15 is 0 Å². The average Bonchev–Trinajstić information content (AvgIpc) is 3.06. The molecule has 0 atom stereocenters. The van der Waals surface area contributed by atoms with Crippen molar-refractivity contribution in [2.45, 2.75) is 0 Å². The summed E-state index contributed by atoms with van der Waals surface area (Å²) in [5.41, 5.74) is 0.728. The lowest BCUT2D eigenvalue weighted by molar-refractivity contribution is 0.0603. The van der Waals surface area contributed by atoms with E-state index in [1.165, 1.54) is 36.1 Å². The molecule has 1 heterocycles. The Bertz CT molecular complexity index is 1220. The maximum Gasteiger partial charge on any atom is 0.340 e. The number of hydrogen-bond donors (Lipinski definition) is 0. The highest BCUT2D eigenvalue weighted by Crippen LogP contribution is 2.31. The fourth-order valence-electron chi connectivity index (χ4n) is 2.92. The van der Waals surface area contributed by atoms with Gasteiger partial charge in [-0.05, 0) is 24.3 Å². The monoisotopic (exact) mass is 454 g/mol. The highest BCUT2D eigenvalue weighted by Gasteiger charge is 2.26. The Morgan fingerprint density at radius 3 is 2.48 bits per heavy atom. The van der Waals surface area contributed by atoms with Crippen LogP contribution in [0, 0.1) is 0 Å². The molecule has 7 nitrogen and oxygen atoms in total. The van der Waals surface area contributed by atoms with Gasteiger partial charge >= 0.3 is 5.97 Å². The molecule has 152 valence electrons. The highest BCUT2D eigenvalue weighted by molar-refractivity contribution is 7.92. The second-order valence-electron chi connectivity index (χ2n) is 6.18. The third kappa shape index (κ3) is 4.24. The first-order chi connectivity index (χ1) is 13.6. The van der Waals surface area contributed by atoms with E-state index in [-0.39, 0.29) is 21.3 Å². The predicted molar refractivity (Wildman–Crippen MR) is 113 cm³/mol. The second kappa shape index (κ2) is 8.06. The van der Waals surface area contributed by atoms with Gasteiger partial charge in [0.1, 0.15) is 6.54 Å². The van der Waals surface area contributed by atoms with E-state index < -0.39 is 28.4 Å². The number of para-hydroxylation sites is 1. The lowest BCUT2D eigenvalue weighted by atomic mass is 10.2. The van der Waals surface area contributed by atoms with Crippen LogP contribution in [0.5, 0.6) is 0 Å². The van der Waals surface area contributed by atoms with Crippen molar-refractivity contribution >= 4 is 61.7 Å². The SMILES string of the molecule is COC(=O)c1cn(C(=O)CN(c2cc(Cl)ccc2Cl)S(C)(=O)=O)c2ccccc12. The van der Waals surface area contributed by atoms with Crippen LogP contribution < -0.4 is 4.31 Å². The highest BCUT2D eigenvalue weighted by atomic mass is 35.5. The quantitative estimate of drug-likeness (QED) is 0.546. The van der Waals surface area contributed by atoms with Gasteiger partial charge in [-0.1, -0.05) is 41.4 Å². The lowest BCUT2D eigenvalue weighted by Crippen LogP contribution is -2.37. The van der Waals surface area contributed by atoms with Crippen molar-refractivity contribution in [2.24, 2.45) is 0 Å². The van der Waals surface area contributed by atoms with Crippen LogP contribution in [0.4, 0.5) is 5.69 Å². The molecule has 0 fully saturated rings. The molecule has 2 aromatic carbocycles. The number of aromatic nitrogens is 1. The predicted octanol–water partition coefficient (Wildman–Crippen LogP) is 3.84. The van der Waals surface area contributed by atoms with Gasteiger partial charge in [-0.2, -0.15) is 0 Å². The lowest BCUT2D eigenvalue weighted by Gasteiger charge is -2.23. The van der Waals surface area contributed by atoms with E-state index in [9.17, 15) is 18.0 Å². The van der Waals surface area contributed by atoms with Crippen LogP contribution in [-0.2, 0) is 14.8 Å². The van der Waals surface area contributed by atoms with E-state index in [1.54, 1.807) is 24.3 Å². The van der Waals surface area contributed by atoms with Crippen LogP contribution >= 0.6 is 23.2 Å². The molecule has 3 rings (SSSR count). The van der Waals surface area contributed by atoms with Crippen molar-refractivity contribution in [1.29, 1.82) is 0 Å². The van der Waals surface area contributed by atoms with Gasteiger partial charge in [0.05, 0.1) is 35.2 Å². The van der Waals surface area contributed by atoms with Gasteiger partial charge in [-0.15, -0.1) is 0 Å². The van der Waals surface area contributed by atoms with E-state index in [0.717, 1.165) is 10.6 Å². The number of carbonyl (C=O) groups is 2. The van der Waals surface area contributed by atoms with Crippen LogP contribution in [-0.4, -0.2) is 44.8 Å². The smallest absolute Gasteiger partial charge is 0.340 e. The fraction of sp³-hybridized carbons (Fsp3) is 0.158. The number of benzene rings is 2. The first kappa shape index (κ1) is 21.2. The van der Waals surface area contributed by atoms with Crippen LogP contribution in [0.25, 0.3) is 10.9 Å². The topological polar surface area (TPSA) is 85.7 Å². The number of carbonyl (C=O) groups excluding carboxylic acids is 2. The molecule has 0 saturated carbocycles. The van der Waals surface area contributed by atoms with Crippen molar-refractivity contribution in [3.8, 4) is 0 Å². The van der Waals surface area contributed by atoms with Gasteiger partial charge in [-0.25, -0.2) is 13.2 Å². The van der Waals surface area contributed by atoms with Crippen molar-refractivity contribution < 1.29 is 22.7 Å². The number of anilines is 1.